The summed E-state index contributed by atoms with van der Waals surface area (Å²) in [5.41, 5.74) is 1.94. The molecule has 0 saturated heterocycles. The van der Waals surface area contributed by atoms with Crippen molar-refractivity contribution < 1.29 is 5.11 Å². The first-order valence-electron chi connectivity index (χ1n) is 7.69. The summed E-state index contributed by atoms with van der Waals surface area (Å²) in [6, 6.07) is 10.3. The summed E-state index contributed by atoms with van der Waals surface area (Å²) in [6.07, 6.45) is 6.18. The summed E-state index contributed by atoms with van der Waals surface area (Å²) in [4.78, 5) is 4.57. The van der Waals surface area contributed by atoms with Crippen molar-refractivity contribution in [3.8, 4) is 0 Å². The SMILES string of the molecule is OCc1c(Cl)nc(C2CCCCC2)n1Cc1ccccc1. The zero-order valence-corrected chi connectivity index (χ0v) is 12.9. The lowest BCUT2D eigenvalue weighted by atomic mass is 9.88. The molecule has 0 amide bonds. The van der Waals surface area contributed by atoms with E-state index in [0.717, 1.165) is 18.1 Å². The Bertz CT molecular complexity index is 588. The zero-order valence-electron chi connectivity index (χ0n) is 12.1. The van der Waals surface area contributed by atoms with Crippen LogP contribution in [0.25, 0.3) is 0 Å². The molecule has 1 N–H and O–H groups in total. The van der Waals surface area contributed by atoms with Crippen LogP contribution in [0.4, 0.5) is 0 Å². The Morgan fingerprint density at radius 2 is 1.86 bits per heavy atom. The Kier molecular flexibility index (Phi) is 4.61. The molecule has 0 bridgehead atoms. The van der Waals surface area contributed by atoms with E-state index < -0.39 is 0 Å². The molecule has 0 radical (unpaired) electrons. The van der Waals surface area contributed by atoms with Crippen LogP contribution in [0.1, 0.15) is 55.1 Å². The Morgan fingerprint density at radius 3 is 2.52 bits per heavy atom. The Hall–Kier alpha value is -1.32. The minimum absolute atomic E-state index is 0.0641. The van der Waals surface area contributed by atoms with Crippen LogP contribution in [0.2, 0.25) is 5.15 Å². The van der Waals surface area contributed by atoms with E-state index in [1.165, 1.54) is 37.7 Å². The van der Waals surface area contributed by atoms with Gasteiger partial charge in [-0.3, -0.25) is 0 Å². The second-order valence-electron chi connectivity index (χ2n) is 5.77. The van der Waals surface area contributed by atoms with Crippen molar-refractivity contribution in [2.45, 2.75) is 51.2 Å². The standard InChI is InChI=1S/C17H21ClN2O/c18-16-15(12-21)20(11-13-7-3-1-4-8-13)17(19-16)14-9-5-2-6-10-14/h1,3-4,7-8,14,21H,2,5-6,9-12H2. The molecule has 1 fully saturated rings. The van der Waals surface area contributed by atoms with E-state index in [9.17, 15) is 5.11 Å². The minimum atomic E-state index is -0.0641. The highest BCUT2D eigenvalue weighted by atomic mass is 35.5. The number of benzene rings is 1. The highest BCUT2D eigenvalue weighted by Crippen LogP contribution is 2.34. The van der Waals surface area contributed by atoms with Crippen molar-refractivity contribution in [3.05, 3.63) is 52.6 Å². The molecular formula is C17H21ClN2O. The molecule has 112 valence electrons. The number of aromatic nitrogens is 2. The lowest BCUT2D eigenvalue weighted by Crippen LogP contribution is -2.14. The van der Waals surface area contributed by atoms with E-state index in [2.05, 4.69) is 21.7 Å². The van der Waals surface area contributed by atoms with Crippen LogP contribution < -0.4 is 0 Å². The van der Waals surface area contributed by atoms with Crippen LogP contribution >= 0.6 is 11.6 Å². The highest BCUT2D eigenvalue weighted by Gasteiger charge is 2.24. The molecule has 3 rings (SSSR count). The van der Waals surface area contributed by atoms with Gasteiger partial charge in [-0.2, -0.15) is 0 Å². The number of imidazole rings is 1. The Balaban J connectivity index is 1.95. The maximum atomic E-state index is 9.64. The van der Waals surface area contributed by atoms with Gasteiger partial charge in [0.2, 0.25) is 0 Å². The van der Waals surface area contributed by atoms with Crippen LogP contribution in [0.3, 0.4) is 0 Å². The van der Waals surface area contributed by atoms with Gasteiger partial charge in [0.05, 0.1) is 12.3 Å². The summed E-state index contributed by atoms with van der Waals surface area (Å²) in [7, 11) is 0. The monoisotopic (exact) mass is 304 g/mol. The van der Waals surface area contributed by atoms with Crippen molar-refractivity contribution >= 4 is 11.6 Å². The van der Waals surface area contributed by atoms with Crippen LogP contribution in [0.15, 0.2) is 30.3 Å². The normalized spacial score (nSPS) is 16.3. The molecular weight excluding hydrogens is 284 g/mol. The van der Waals surface area contributed by atoms with Crippen molar-refractivity contribution in [3.63, 3.8) is 0 Å². The molecule has 4 heteroatoms. The van der Waals surface area contributed by atoms with Crippen LogP contribution in [0, 0.1) is 0 Å². The third kappa shape index (κ3) is 3.14. The molecule has 1 heterocycles. The molecule has 21 heavy (non-hydrogen) atoms. The van der Waals surface area contributed by atoms with Gasteiger partial charge in [0, 0.05) is 12.5 Å². The van der Waals surface area contributed by atoms with Gasteiger partial charge < -0.3 is 9.67 Å². The summed E-state index contributed by atoms with van der Waals surface area (Å²) in [6.45, 7) is 0.660. The summed E-state index contributed by atoms with van der Waals surface area (Å²) in [5.74, 6) is 1.52. The maximum absolute atomic E-state index is 9.64. The molecule has 1 aromatic carbocycles. The number of halogens is 1. The van der Waals surface area contributed by atoms with Crippen LogP contribution in [-0.2, 0) is 13.2 Å². The largest absolute Gasteiger partial charge is 0.390 e. The number of nitrogens with zero attached hydrogens (tertiary/aromatic N) is 2. The van der Waals surface area contributed by atoms with Gasteiger partial charge in [0.15, 0.2) is 5.15 Å². The molecule has 0 spiro atoms. The highest BCUT2D eigenvalue weighted by molar-refractivity contribution is 6.30. The van der Waals surface area contributed by atoms with Crippen molar-refractivity contribution in [2.75, 3.05) is 0 Å². The van der Waals surface area contributed by atoms with Crippen molar-refractivity contribution in [1.82, 2.24) is 9.55 Å². The molecule has 1 aromatic heterocycles. The van der Waals surface area contributed by atoms with Gasteiger partial charge in [0.1, 0.15) is 5.82 Å². The Morgan fingerprint density at radius 1 is 1.14 bits per heavy atom. The van der Waals surface area contributed by atoms with E-state index in [1.807, 2.05) is 18.2 Å². The van der Waals surface area contributed by atoms with Gasteiger partial charge in [-0.05, 0) is 18.4 Å². The van der Waals surface area contributed by atoms with Gasteiger partial charge in [-0.1, -0.05) is 61.2 Å². The molecule has 0 aliphatic heterocycles. The van der Waals surface area contributed by atoms with Crippen LogP contribution in [0.5, 0.6) is 0 Å². The second-order valence-corrected chi connectivity index (χ2v) is 6.13. The van der Waals surface area contributed by atoms with E-state index >= 15 is 0 Å². The third-order valence-electron chi connectivity index (χ3n) is 4.36. The molecule has 3 nitrogen and oxygen atoms in total. The lowest BCUT2D eigenvalue weighted by Gasteiger charge is -2.22. The predicted molar refractivity (Wildman–Crippen MR) is 84.5 cm³/mol. The average molecular weight is 305 g/mol. The first-order valence-corrected chi connectivity index (χ1v) is 8.07. The van der Waals surface area contributed by atoms with Crippen molar-refractivity contribution in [1.29, 1.82) is 0 Å². The van der Waals surface area contributed by atoms with E-state index in [0.29, 0.717) is 11.1 Å². The fraction of sp³-hybridized carbons (Fsp3) is 0.471. The maximum Gasteiger partial charge on any atom is 0.153 e. The predicted octanol–water partition coefficient (Wildman–Crippen LogP) is 4.12. The average Bonchev–Trinajstić information content (AvgIpc) is 2.85. The quantitative estimate of drug-likeness (QED) is 0.922. The zero-order chi connectivity index (χ0) is 14.7. The molecule has 2 aromatic rings. The summed E-state index contributed by atoms with van der Waals surface area (Å²) >= 11 is 6.24. The van der Waals surface area contributed by atoms with E-state index in [-0.39, 0.29) is 6.61 Å². The number of hydrogen-bond acceptors (Lipinski definition) is 2. The number of aliphatic hydroxyl groups excluding tert-OH is 1. The smallest absolute Gasteiger partial charge is 0.153 e. The van der Waals surface area contributed by atoms with Crippen molar-refractivity contribution in [2.24, 2.45) is 0 Å². The number of hydrogen-bond donors (Lipinski definition) is 1. The molecule has 0 atom stereocenters. The first-order chi connectivity index (χ1) is 10.3. The van der Waals surface area contributed by atoms with Crippen LogP contribution in [-0.4, -0.2) is 14.7 Å². The van der Waals surface area contributed by atoms with Gasteiger partial charge in [-0.15, -0.1) is 0 Å². The van der Waals surface area contributed by atoms with E-state index in [4.69, 9.17) is 11.6 Å². The molecule has 0 unspecified atom stereocenters. The fourth-order valence-corrected chi connectivity index (χ4v) is 3.49. The second kappa shape index (κ2) is 6.63. The fourth-order valence-electron chi connectivity index (χ4n) is 3.24. The lowest BCUT2D eigenvalue weighted by molar-refractivity contribution is 0.270. The number of rotatable bonds is 4. The number of aliphatic hydroxyl groups is 1. The molecule has 1 aliphatic carbocycles. The molecule has 1 aliphatic rings. The Labute approximate surface area is 130 Å². The van der Waals surface area contributed by atoms with Gasteiger partial charge in [-0.25, -0.2) is 4.98 Å². The molecule has 1 saturated carbocycles. The summed E-state index contributed by atoms with van der Waals surface area (Å²) in [5, 5.41) is 10.1. The van der Waals surface area contributed by atoms with Gasteiger partial charge in [0.25, 0.3) is 0 Å². The summed E-state index contributed by atoms with van der Waals surface area (Å²) < 4.78 is 2.12. The minimum Gasteiger partial charge on any atom is -0.390 e. The van der Waals surface area contributed by atoms with E-state index in [1.54, 1.807) is 0 Å². The van der Waals surface area contributed by atoms with Gasteiger partial charge >= 0.3 is 0 Å². The topological polar surface area (TPSA) is 38.1 Å². The third-order valence-corrected chi connectivity index (χ3v) is 4.66. The first kappa shape index (κ1) is 14.6.